The number of nitrogens with zero attached hydrogens (tertiary/aromatic N) is 3. The predicted octanol–water partition coefficient (Wildman–Crippen LogP) is 1.16. The molecule has 0 radical (unpaired) electrons. The van der Waals surface area contributed by atoms with E-state index in [1.54, 1.807) is 22.9 Å². The second kappa shape index (κ2) is 5.31. The number of rotatable bonds is 5. The van der Waals surface area contributed by atoms with E-state index in [0.717, 1.165) is 12.4 Å². The summed E-state index contributed by atoms with van der Waals surface area (Å²) in [5, 5.41) is 11.4. The molecule has 2 rings (SSSR count). The first kappa shape index (κ1) is 12.1. The number of hydrogen-bond acceptors (Lipinski definition) is 4. The molecule has 0 amide bonds. The third kappa shape index (κ3) is 2.65. The van der Waals surface area contributed by atoms with E-state index in [9.17, 15) is 0 Å². The quantitative estimate of drug-likeness (QED) is 0.611. The molecule has 6 heteroatoms. The number of aromatic nitrogens is 3. The summed E-state index contributed by atoms with van der Waals surface area (Å²) >= 11 is 0. The molecule has 18 heavy (non-hydrogen) atoms. The topological polar surface area (TPSA) is 89.8 Å². The van der Waals surface area contributed by atoms with E-state index in [1.807, 2.05) is 13.0 Å². The van der Waals surface area contributed by atoms with Gasteiger partial charge in [-0.15, -0.1) is 0 Å². The van der Waals surface area contributed by atoms with Crippen LogP contribution in [0.5, 0.6) is 5.75 Å². The molecule has 1 heterocycles. The fraction of sp³-hybridized carbons (Fsp3) is 0.250. The zero-order valence-electron chi connectivity index (χ0n) is 10.1. The molecule has 0 aliphatic heterocycles. The van der Waals surface area contributed by atoms with Crippen molar-refractivity contribution < 1.29 is 4.74 Å². The first-order valence-corrected chi connectivity index (χ1v) is 5.64. The summed E-state index contributed by atoms with van der Waals surface area (Å²) in [6, 6.07) is 7.12. The van der Waals surface area contributed by atoms with Crippen LogP contribution >= 0.6 is 0 Å². The Bertz CT molecular complexity index is 549. The molecule has 0 saturated carbocycles. The highest BCUT2D eigenvalue weighted by Gasteiger charge is 2.04. The Morgan fingerprint density at radius 1 is 1.50 bits per heavy atom. The maximum atomic E-state index is 7.36. The highest BCUT2D eigenvalue weighted by molar-refractivity contribution is 5.95. The van der Waals surface area contributed by atoms with Gasteiger partial charge in [-0.3, -0.25) is 5.41 Å². The molecule has 0 bridgehead atoms. The maximum absolute atomic E-state index is 7.36. The highest BCUT2D eigenvalue weighted by Crippen LogP contribution is 2.14. The zero-order valence-corrected chi connectivity index (χ0v) is 10.1. The van der Waals surface area contributed by atoms with Gasteiger partial charge in [-0.2, -0.15) is 5.10 Å². The van der Waals surface area contributed by atoms with Gasteiger partial charge in [0.05, 0.1) is 0 Å². The van der Waals surface area contributed by atoms with Crippen LogP contribution in [0.3, 0.4) is 0 Å². The van der Waals surface area contributed by atoms with Crippen LogP contribution in [0, 0.1) is 5.41 Å². The maximum Gasteiger partial charge on any atom is 0.164 e. The number of nitrogen functional groups attached to an aromatic ring is 1. The molecular formula is C12H15N5O. The first-order chi connectivity index (χ1) is 8.70. The van der Waals surface area contributed by atoms with Gasteiger partial charge in [0, 0.05) is 12.1 Å². The van der Waals surface area contributed by atoms with E-state index < -0.39 is 0 Å². The van der Waals surface area contributed by atoms with Gasteiger partial charge in [-0.25, -0.2) is 9.67 Å². The molecule has 0 aliphatic rings. The highest BCUT2D eigenvalue weighted by atomic mass is 16.5. The summed E-state index contributed by atoms with van der Waals surface area (Å²) in [7, 11) is 0. The van der Waals surface area contributed by atoms with Crippen LogP contribution in [-0.4, -0.2) is 20.6 Å². The summed E-state index contributed by atoms with van der Waals surface area (Å²) in [6.07, 6.45) is 1.51. The molecule has 0 unspecified atom stereocenters. The Kier molecular flexibility index (Phi) is 3.57. The minimum atomic E-state index is 0.0252. The number of ether oxygens (including phenoxy) is 1. The average Bonchev–Trinajstić information content (AvgIpc) is 2.84. The minimum absolute atomic E-state index is 0.0252. The Balaban J connectivity index is 2.06. The summed E-state index contributed by atoms with van der Waals surface area (Å²) in [4.78, 5) is 4.12. The summed E-state index contributed by atoms with van der Waals surface area (Å²) in [5.41, 5.74) is 6.06. The van der Waals surface area contributed by atoms with Crippen molar-refractivity contribution in [1.82, 2.24) is 14.8 Å². The number of nitrogens with one attached hydrogen (secondary N) is 1. The first-order valence-electron chi connectivity index (χ1n) is 5.64. The van der Waals surface area contributed by atoms with E-state index in [4.69, 9.17) is 15.9 Å². The van der Waals surface area contributed by atoms with Gasteiger partial charge >= 0.3 is 0 Å². The van der Waals surface area contributed by atoms with Crippen LogP contribution in [0.2, 0.25) is 0 Å². The van der Waals surface area contributed by atoms with Crippen LogP contribution in [-0.2, 0) is 13.2 Å². The van der Waals surface area contributed by atoms with Crippen molar-refractivity contribution in [2.24, 2.45) is 5.73 Å². The average molecular weight is 245 g/mol. The van der Waals surface area contributed by atoms with E-state index >= 15 is 0 Å². The van der Waals surface area contributed by atoms with Crippen LogP contribution < -0.4 is 10.5 Å². The van der Waals surface area contributed by atoms with Crippen molar-refractivity contribution in [3.05, 3.63) is 42.0 Å². The second-order valence-corrected chi connectivity index (χ2v) is 3.72. The van der Waals surface area contributed by atoms with Gasteiger partial charge < -0.3 is 10.5 Å². The van der Waals surface area contributed by atoms with Crippen LogP contribution in [0.25, 0.3) is 0 Å². The third-order valence-corrected chi connectivity index (χ3v) is 2.51. The molecule has 0 spiro atoms. The normalized spacial score (nSPS) is 10.3. The van der Waals surface area contributed by atoms with Crippen molar-refractivity contribution in [2.75, 3.05) is 0 Å². The lowest BCUT2D eigenvalue weighted by atomic mass is 10.2. The lowest BCUT2D eigenvalue weighted by Crippen LogP contribution is -2.11. The number of nitrogens with two attached hydrogens (primary N) is 1. The smallest absolute Gasteiger partial charge is 0.164 e. The Morgan fingerprint density at radius 3 is 3.06 bits per heavy atom. The van der Waals surface area contributed by atoms with Crippen molar-refractivity contribution in [1.29, 1.82) is 5.41 Å². The van der Waals surface area contributed by atoms with Gasteiger partial charge in [0.25, 0.3) is 0 Å². The molecule has 1 aromatic carbocycles. The molecule has 2 aromatic rings. The predicted molar refractivity (Wildman–Crippen MR) is 67.5 cm³/mol. The zero-order chi connectivity index (χ0) is 13.0. The van der Waals surface area contributed by atoms with Crippen LogP contribution in [0.15, 0.2) is 30.6 Å². The molecule has 0 fully saturated rings. The number of amidine groups is 1. The van der Waals surface area contributed by atoms with E-state index in [1.165, 1.54) is 6.33 Å². The van der Waals surface area contributed by atoms with Crippen molar-refractivity contribution in [3.8, 4) is 5.75 Å². The number of benzene rings is 1. The lowest BCUT2D eigenvalue weighted by Gasteiger charge is -2.07. The Labute approximate surface area is 105 Å². The third-order valence-electron chi connectivity index (χ3n) is 2.51. The summed E-state index contributed by atoms with van der Waals surface area (Å²) in [5.74, 6) is 1.45. The van der Waals surface area contributed by atoms with Gasteiger partial charge in [0.15, 0.2) is 5.82 Å². The SMILES string of the molecule is CCn1ncnc1COc1cccc(C(=N)N)c1. The minimum Gasteiger partial charge on any atom is -0.486 e. The van der Waals surface area contributed by atoms with Gasteiger partial charge in [0.1, 0.15) is 24.5 Å². The summed E-state index contributed by atoms with van der Waals surface area (Å²) in [6.45, 7) is 3.09. The van der Waals surface area contributed by atoms with E-state index in [0.29, 0.717) is 17.9 Å². The molecule has 0 aliphatic carbocycles. The van der Waals surface area contributed by atoms with Gasteiger partial charge in [-0.05, 0) is 19.1 Å². The van der Waals surface area contributed by atoms with E-state index in [2.05, 4.69) is 10.1 Å². The van der Waals surface area contributed by atoms with Gasteiger partial charge in [-0.1, -0.05) is 12.1 Å². The van der Waals surface area contributed by atoms with Crippen LogP contribution in [0.1, 0.15) is 18.3 Å². The van der Waals surface area contributed by atoms with Crippen molar-refractivity contribution in [3.63, 3.8) is 0 Å². The monoisotopic (exact) mass is 245 g/mol. The Morgan fingerprint density at radius 2 is 2.33 bits per heavy atom. The standard InChI is InChI=1S/C12H15N5O/c1-2-17-11(15-8-16-17)7-18-10-5-3-4-9(6-10)12(13)14/h3-6,8H,2,7H2,1H3,(H3,13,14). The molecule has 6 nitrogen and oxygen atoms in total. The van der Waals surface area contributed by atoms with Crippen molar-refractivity contribution >= 4 is 5.84 Å². The molecular weight excluding hydrogens is 230 g/mol. The fourth-order valence-electron chi connectivity index (χ4n) is 1.57. The number of aryl methyl sites for hydroxylation is 1. The molecule has 3 N–H and O–H groups in total. The summed E-state index contributed by atoms with van der Waals surface area (Å²) < 4.78 is 7.38. The largest absolute Gasteiger partial charge is 0.486 e. The van der Waals surface area contributed by atoms with E-state index in [-0.39, 0.29) is 5.84 Å². The molecule has 0 saturated heterocycles. The molecule has 94 valence electrons. The van der Waals surface area contributed by atoms with Crippen molar-refractivity contribution in [2.45, 2.75) is 20.1 Å². The fourth-order valence-corrected chi connectivity index (χ4v) is 1.57. The second-order valence-electron chi connectivity index (χ2n) is 3.72. The number of hydrogen-bond donors (Lipinski definition) is 2. The lowest BCUT2D eigenvalue weighted by molar-refractivity contribution is 0.287. The molecule has 0 atom stereocenters. The Hall–Kier alpha value is -2.37. The van der Waals surface area contributed by atoms with Gasteiger partial charge in [0.2, 0.25) is 0 Å². The van der Waals surface area contributed by atoms with Crippen LogP contribution in [0.4, 0.5) is 0 Å². The molecule has 1 aromatic heterocycles.